The fourth-order valence-electron chi connectivity index (χ4n) is 4.60. The van der Waals surface area contributed by atoms with Crippen molar-refractivity contribution in [2.24, 2.45) is 0 Å². The lowest BCUT2D eigenvalue weighted by Gasteiger charge is -2.26. The molecule has 0 radical (unpaired) electrons. The number of Topliss-reactive ketones (excluding diaryl/α,β-unsaturated/α-hetero) is 1. The van der Waals surface area contributed by atoms with Crippen molar-refractivity contribution in [2.45, 2.75) is 12.5 Å². The topological polar surface area (TPSA) is 76.1 Å². The van der Waals surface area contributed by atoms with Gasteiger partial charge < -0.3 is 19.5 Å². The third-order valence-electron chi connectivity index (χ3n) is 6.16. The van der Waals surface area contributed by atoms with Crippen molar-refractivity contribution >= 4 is 28.2 Å². The molecule has 3 aromatic rings. The van der Waals surface area contributed by atoms with Crippen LogP contribution in [0.5, 0.6) is 5.75 Å². The highest BCUT2D eigenvalue weighted by Gasteiger charge is 2.46. The molecule has 2 aliphatic rings. The summed E-state index contributed by atoms with van der Waals surface area (Å²) >= 11 is 0. The van der Waals surface area contributed by atoms with Gasteiger partial charge in [-0.15, -0.1) is 0 Å². The zero-order chi connectivity index (χ0) is 22.2. The molecule has 1 saturated heterocycles. The van der Waals surface area contributed by atoms with Crippen molar-refractivity contribution in [1.82, 2.24) is 4.90 Å². The molecule has 3 aromatic carbocycles. The minimum Gasteiger partial charge on any atom is -0.507 e. The molecule has 32 heavy (non-hydrogen) atoms. The van der Waals surface area contributed by atoms with Gasteiger partial charge in [0.25, 0.3) is 11.7 Å². The summed E-state index contributed by atoms with van der Waals surface area (Å²) in [5.41, 5.74) is 2.37. The number of fused-ring (bicyclic) bond motifs is 2. The first-order valence-electron chi connectivity index (χ1n) is 10.6. The molecule has 0 spiro atoms. The molecule has 162 valence electrons. The Labute approximate surface area is 185 Å². The Hall–Kier alpha value is -3.64. The second-order valence-electron chi connectivity index (χ2n) is 7.97. The largest absolute Gasteiger partial charge is 0.507 e. The standard InChI is InChI=1S/C26H23NO5/c1-31-14-12-27-23(20-8-4-6-16-5-2-3-7-19(16)20)22(25(29)26(27)30)24(28)18-9-10-21-17(15-18)11-13-32-21/h2-10,15,23,28H,11-14H2,1H3/b24-22-. The summed E-state index contributed by atoms with van der Waals surface area (Å²) in [6.07, 6.45) is 0.741. The first-order valence-corrected chi connectivity index (χ1v) is 10.6. The minimum atomic E-state index is -0.708. The maximum Gasteiger partial charge on any atom is 0.295 e. The van der Waals surface area contributed by atoms with Crippen molar-refractivity contribution < 1.29 is 24.2 Å². The Kier molecular flexibility index (Phi) is 5.15. The lowest BCUT2D eigenvalue weighted by molar-refractivity contribution is -0.140. The van der Waals surface area contributed by atoms with Crippen molar-refractivity contribution in [3.05, 3.63) is 82.9 Å². The van der Waals surface area contributed by atoms with Crippen LogP contribution in [0.4, 0.5) is 0 Å². The number of hydrogen-bond donors (Lipinski definition) is 1. The number of carbonyl (C=O) groups is 2. The molecule has 1 unspecified atom stereocenters. The third kappa shape index (κ3) is 3.24. The van der Waals surface area contributed by atoms with Crippen LogP contribution in [0.3, 0.4) is 0 Å². The van der Waals surface area contributed by atoms with Crippen LogP contribution in [0, 0.1) is 0 Å². The molecule has 1 amide bonds. The molecule has 2 heterocycles. The highest BCUT2D eigenvalue weighted by Crippen LogP contribution is 2.42. The Morgan fingerprint density at radius 1 is 1.12 bits per heavy atom. The number of rotatable bonds is 5. The molecule has 1 fully saturated rings. The van der Waals surface area contributed by atoms with Gasteiger partial charge in [-0.3, -0.25) is 9.59 Å². The van der Waals surface area contributed by atoms with E-state index in [0.717, 1.165) is 34.1 Å². The van der Waals surface area contributed by atoms with E-state index in [9.17, 15) is 14.7 Å². The van der Waals surface area contributed by atoms with Crippen LogP contribution in [0.1, 0.15) is 22.7 Å². The highest BCUT2D eigenvalue weighted by atomic mass is 16.5. The average Bonchev–Trinajstić information content (AvgIpc) is 3.39. The van der Waals surface area contributed by atoms with Crippen molar-refractivity contribution in [3.63, 3.8) is 0 Å². The number of carbonyl (C=O) groups excluding carboxylic acids is 2. The molecule has 0 aromatic heterocycles. The predicted octanol–water partition coefficient (Wildman–Crippen LogP) is 3.84. The van der Waals surface area contributed by atoms with E-state index < -0.39 is 17.7 Å². The lowest BCUT2D eigenvalue weighted by Crippen LogP contribution is -2.32. The molecule has 0 saturated carbocycles. The molecule has 6 nitrogen and oxygen atoms in total. The van der Waals surface area contributed by atoms with E-state index in [2.05, 4.69) is 0 Å². The van der Waals surface area contributed by atoms with Gasteiger partial charge in [0.2, 0.25) is 0 Å². The summed E-state index contributed by atoms with van der Waals surface area (Å²) in [4.78, 5) is 27.7. The number of likely N-dealkylation sites (tertiary alicyclic amines) is 1. The monoisotopic (exact) mass is 429 g/mol. The number of amides is 1. The normalized spacial score (nSPS) is 19.4. The predicted molar refractivity (Wildman–Crippen MR) is 120 cm³/mol. The fourth-order valence-corrected chi connectivity index (χ4v) is 4.60. The number of aliphatic hydroxyl groups excluding tert-OH is 1. The smallest absolute Gasteiger partial charge is 0.295 e. The zero-order valence-electron chi connectivity index (χ0n) is 17.7. The van der Waals surface area contributed by atoms with Gasteiger partial charge in [0.05, 0.1) is 24.8 Å². The summed E-state index contributed by atoms with van der Waals surface area (Å²) in [5.74, 6) is -0.706. The number of nitrogens with zero attached hydrogens (tertiary/aromatic N) is 1. The summed E-state index contributed by atoms with van der Waals surface area (Å²) in [7, 11) is 1.55. The molecule has 2 aliphatic heterocycles. The van der Waals surface area contributed by atoms with Crippen molar-refractivity contribution in [1.29, 1.82) is 0 Å². The molecule has 0 aliphatic carbocycles. The van der Waals surface area contributed by atoms with Crippen LogP contribution < -0.4 is 4.74 Å². The molecular weight excluding hydrogens is 406 g/mol. The van der Waals surface area contributed by atoms with Gasteiger partial charge in [0, 0.05) is 25.6 Å². The fraction of sp³-hybridized carbons (Fsp3) is 0.231. The SMILES string of the molecule is COCCN1C(=O)C(=O)/C(=C(\O)c2ccc3c(c2)CCO3)C1c1cccc2ccccc12. The number of methoxy groups -OCH3 is 1. The maximum atomic E-state index is 13.2. The van der Waals surface area contributed by atoms with Crippen LogP contribution in [0.2, 0.25) is 0 Å². The molecular formula is C26H23NO5. The number of benzene rings is 3. The van der Waals surface area contributed by atoms with Gasteiger partial charge in [-0.1, -0.05) is 42.5 Å². The van der Waals surface area contributed by atoms with E-state index in [1.54, 1.807) is 19.2 Å². The van der Waals surface area contributed by atoms with Crippen LogP contribution in [0.15, 0.2) is 66.2 Å². The second kappa shape index (κ2) is 8.13. The third-order valence-corrected chi connectivity index (χ3v) is 6.16. The Balaban J connectivity index is 1.71. The Morgan fingerprint density at radius 3 is 2.78 bits per heavy atom. The number of aliphatic hydroxyl groups is 1. The van der Waals surface area contributed by atoms with E-state index in [-0.39, 0.29) is 24.5 Å². The summed E-state index contributed by atoms with van der Waals surface area (Å²) < 4.78 is 10.7. The molecule has 1 N–H and O–H groups in total. The van der Waals surface area contributed by atoms with Gasteiger partial charge in [-0.2, -0.15) is 0 Å². The van der Waals surface area contributed by atoms with Crippen LogP contribution >= 0.6 is 0 Å². The van der Waals surface area contributed by atoms with Gasteiger partial charge in [0.1, 0.15) is 11.5 Å². The molecule has 6 heteroatoms. The van der Waals surface area contributed by atoms with E-state index in [4.69, 9.17) is 9.47 Å². The first-order chi connectivity index (χ1) is 15.6. The van der Waals surface area contributed by atoms with Crippen molar-refractivity contribution in [3.8, 4) is 5.75 Å². The highest BCUT2D eigenvalue weighted by molar-refractivity contribution is 6.46. The van der Waals surface area contributed by atoms with Gasteiger partial charge >= 0.3 is 0 Å². The summed E-state index contributed by atoms with van der Waals surface area (Å²) in [5, 5.41) is 13.2. The van der Waals surface area contributed by atoms with Crippen molar-refractivity contribution in [2.75, 3.05) is 26.9 Å². The van der Waals surface area contributed by atoms with Crippen LogP contribution in [-0.4, -0.2) is 48.6 Å². The molecule has 1 atom stereocenters. The summed E-state index contributed by atoms with van der Waals surface area (Å²) in [6, 6.07) is 18.3. The first kappa shape index (κ1) is 20.3. The van der Waals surface area contributed by atoms with Crippen LogP contribution in [0.25, 0.3) is 16.5 Å². The minimum absolute atomic E-state index is 0.0984. The molecule has 0 bridgehead atoms. The number of ether oxygens (including phenoxy) is 2. The average molecular weight is 429 g/mol. The zero-order valence-corrected chi connectivity index (χ0v) is 17.7. The quantitative estimate of drug-likeness (QED) is 0.379. The van der Waals surface area contributed by atoms with E-state index in [1.165, 1.54) is 4.90 Å². The lowest BCUT2D eigenvalue weighted by atomic mass is 9.91. The van der Waals surface area contributed by atoms with E-state index in [1.807, 2.05) is 48.5 Å². The maximum absolute atomic E-state index is 13.2. The molecule has 5 rings (SSSR count). The Morgan fingerprint density at radius 2 is 1.94 bits per heavy atom. The van der Waals surface area contributed by atoms with E-state index in [0.29, 0.717) is 12.2 Å². The summed E-state index contributed by atoms with van der Waals surface area (Å²) in [6.45, 7) is 1.12. The number of hydrogen-bond acceptors (Lipinski definition) is 5. The van der Waals surface area contributed by atoms with E-state index >= 15 is 0 Å². The van der Waals surface area contributed by atoms with Crippen LogP contribution in [-0.2, 0) is 20.7 Å². The van der Waals surface area contributed by atoms with Gasteiger partial charge in [-0.05, 0) is 40.1 Å². The van der Waals surface area contributed by atoms with Gasteiger partial charge in [-0.25, -0.2) is 0 Å². The van der Waals surface area contributed by atoms with Gasteiger partial charge in [0.15, 0.2) is 0 Å². The number of ketones is 1. The Bertz CT molecular complexity index is 1260. The second-order valence-corrected chi connectivity index (χ2v) is 7.97.